The molecule has 1 saturated heterocycles. The van der Waals surface area contributed by atoms with Crippen molar-refractivity contribution in [1.29, 1.82) is 0 Å². The van der Waals surface area contributed by atoms with Crippen molar-refractivity contribution in [2.45, 2.75) is 44.2 Å². The molecule has 0 radical (unpaired) electrons. The van der Waals surface area contributed by atoms with Gasteiger partial charge in [-0.2, -0.15) is 5.21 Å². The fourth-order valence-corrected chi connectivity index (χ4v) is 5.06. The molecule has 0 bridgehead atoms. The second-order valence-corrected chi connectivity index (χ2v) is 8.84. The molecule has 33 heavy (non-hydrogen) atoms. The number of benzene rings is 2. The minimum absolute atomic E-state index is 0. The standard InChI is InChI=1S/C24H27N5O3.ClH/c30-24(31)21-13-18-12-19(8-7-17(18)14-25-21)32-22-11-16(10-15-4-2-1-3-5-15)6-9-20(22)23-26-28-29-27-23;/h1-6,9,11,17-19,21,25H,7-8,10,12-14H2,(H,30,31)(H,26,27,28,29);1H/t17-,18+,19-,21-;/m0./s1. The van der Waals surface area contributed by atoms with Gasteiger partial charge in [-0.25, -0.2) is 0 Å². The number of aromatic nitrogens is 4. The van der Waals surface area contributed by atoms with E-state index < -0.39 is 12.0 Å². The van der Waals surface area contributed by atoms with E-state index in [1.165, 1.54) is 5.56 Å². The molecule has 8 nitrogen and oxygen atoms in total. The predicted molar refractivity (Wildman–Crippen MR) is 125 cm³/mol. The zero-order valence-corrected chi connectivity index (χ0v) is 19.0. The Morgan fingerprint density at radius 2 is 1.91 bits per heavy atom. The number of aliphatic carboxylic acids is 1. The fourth-order valence-electron chi connectivity index (χ4n) is 5.06. The summed E-state index contributed by atoms with van der Waals surface area (Å²) >= 11 is 0. The van der Waals surface area contributed by atoms with Crippen LogP contribution in [0.3, 0.4) is 0 Å². The Labute approximate surface area is 198 Å². The lowest BCUT2D eigenvalue weighted by atomic mass is 9.72. The second kappa shape index (κ2) is 10.3. The molecule has 2 aromatic carbocycles. The van der Waals surface area contributed by atoms with Crippen molar-refractivity contribution >= 4 is 18.4 Å². The van der Waals surface area contributed by atoms with E-state index in [0.717, 1.165) is 49.1 Å². The van der Waals surface area contributed by atoms with Crippen LogP contribution >= 0.6 is 12.4 Å². The molecular weight excluding hydrogens is 442 g/mol. The van der Waals surface area contributed by atoms with Gasteiger partial charge in [0.1, 0.15) is 11.8 Å². The molecule has 1 aliphatic carbocycles. The number of ether oxygens (including phenoxy) is 1. The van der Waals surface area contributed by atoms with Gasteiger partial charge in [0.2, 0.25) is 5.82 Å². The van der Waals surface area contributed by atoms with E-state index in [2.05, 4.69) is 50.2 Å². The van der Waals surface area contributed by atoms with Gasteiger partial charge in [-0.1, -0.05) is 36.4 Å². The number of nitrogens with one attached hydrogen (secondary N) is 2. The summed E-state index contributed by atoms with van der Waals surface area (Å²) in [5.74, 6) is 1.38. The van der Waals surface area contributed by atoms with E-state index in [-0.39, 0.29) is 18.5 Å². The minimum Gasteiger partial charge on any atom is -0.490 e. The number of piperidine rings is 1. The SMILES string of the molecule is Cl.O=C(O)[C@@H]1C[C@H]2C[C@@H](Oc3cc(Cc4ccccc4)ccc3-c3nn[nH]n3)CC[C@H]2CN1. The van der Waals surface area contributed by atoms with Crippen LogP contribution < -0.4 is 10.1 Å². The Morgan fingerprint density at radius 1 is 1.06 bits per heavy atom. The summed E-state index contributed by atoms with van der Waals surface area (Å²) in [4.78, 5) is 11.4. The van der Waals surface area contributed by atoms with Crippen LogP contribution in [0.2, 0.25) is 0 Å². The average Bonchev–Trinajstić information content (AvgIpc) is 3.34. The third-order valence-corrected chi connectivity index (χ3v) is 6.73. The minimum atomic E-state index is -0.764. The smallest absolute Gasteiger partial charge is 0.320 e. The highest BCUT2D eigenvalue weighted by Crippen LogP contribution is 2.39. The van der Waals surface area contributed by atoms with Crippen LogP contribution in [-0.4, -0.2) is 50.4 Å². The van der Waals surface area contributed by atoms with Crippen LogP contribution in [0.1, 0.15) is 36.8 Å². The number of aromatic amines is 1. The lowest BCUT2D eigenvalue weighted by molar-refractivity contribution is -0.141. The number of carboxylic acids is 1. The van der Waals surface area contributed by atoms with Gasteiger partial charge in [-0.15, -0.1) is 22.6 Å². The molecule has 3 aromatic rings. The topological polar surface area (TPSA) is 113 Å². The number of rotatable bonds is 6. The van der Waals surface area contributed by atoms with Gasteiger partial charge in [0.15, 0.2) is 0 Å². The molecule has 9 heteroatoms. The number of halogens is 1. The van der Waals surface area contributed by atoms with E-state index in [9.17, 15) is 9.90 Å². The molecule has 5 rings (SSSR count). The number of carbonyl (C=O) groups is 1. The van der Waals surface area contributed by atoms with Crippen LogP contribution in [0.4, 0.5) is 0 Å². The third kappa shape index (κ3) is 5.34. The van der Waals surface area contributed by atoms with Crippen molar-refractivity contribution in [2.75, 3.05) is 6.54 Å². The van der Waals surface area contributed by atoms with E-state index in [4.69, 9.17) is 4.74 Å². The van der Waals surface area contributed by atoms with Crippen molar-refractivity contribution in [3.05, 3.63) is 59.7 Å². The van der Waals surface area contributed by atoms with Gasteiger partial charge in [0.05, 0.1) is 11.7 Å². The molecule has 174 valence electrons. The molecule has 0 amide bonds. The average molecular weight is 470 g/mol. The summed E-state index contributed by atoms with van der Waals surface area (Å²) in [6.07, 6.45) is 4.37. The van der Waals surface area contributed by atoms with Crippen LogP contribution in [-0.2, 0) is 11.2 Å². The Morgan fingerprint density at radius 3 is 2.67 bits per heavy atom. The number of nitrogens with zero attached hydrogens (tertiary/aromatic N) is 3. The third-order valence-electron chi connectivity index (χ3n) is 6.73. The molecule has 2 fully saturated rings. The quantitative estimate of drug-likeness (QED) is 0.506. The Kier molecular flexibility index (Phi) is 7.25. The molecule has 3 N–H and O–H groups in total. The van der Waals surface area contributed by atoms with Gasteiger partial charge in [0.25, 0.3) is 0 Å². The summed E-state index contributed by atoms with van der Waals surface area (Å²) in [7, 11) is 0. The number of carboxylic acid groups (broad SMARTS) is 1. The number of fused-ring (bicyclic) bond motifs is 1. The van der Waals surface area contributed by atoms with Gasteiger partial charge >= 0.3 is 5.97 Å². The van der Waals surface area contributed by atoms with Crippen molar-refractivity contribution in [3.8, 4) is 17.1 Å². The molecule has 1 aromatic heterocycles. The van der Waals surface area contributed by atoms with Gasteiger partial charge in [0, 0.05) is 0 Å². The maximum absolute atomic E-state index is 11.4. The van der Waals surface area contributed by atoms with E-state index >= 15 is 0 Å². The molecule has 0 unspecified atom stereocenters. The maximum Gasteiger partial charge on any atom is 0.320 e. The Hall–Kier alpha value is -2.97. The lowest BCUT2D eigenvalue weighted by Gasteiger charge is -2.41. The van der Waals surface area contributed by atoms with Crippen LogP contribution in [0.25, 0.3) is 11.4 Å². The first-order valence-electron chi connectivity index (χ1n) is 11.2. The molecular formula is C24H28ClN5O3. The van der Waals surface area contributed by atoms with Gasteiger partial charge < -0.3 is 15.2 Å². The summed E-state index contributed by atoms with van der Waals surface area (Å²) in [5.41, 5.74) is 3.20. The highest BCUT2D eigenvalue weighted by molar-refractivity contribution is 5.85. The number of hydrogen-bond donors (Lipinski definition) is 3. The highest BCUT2D eigenvalue weighted by atomic mass is 35.5. The number of H-pyrrole nitrogens is 1. The molecule has 4 atom stereocenters. The van der Waals surface area contributed by atoms with Crippen molar-refractivity contribution < 1.29 is 14.6 Å². The summed E-state index contributed by atoms with van der Waals surface area (Å²) < 4.78 is 6.54. The van der Waals surface area contributed by atoms with E-state index in [1.54, 1.807) is 0 Å². The zero-order chi connectivity index (χ0) is 21.9. The van der Waals surface area contributed by atoms with Crippen LogP contribution in [0.5, 0.6) is 5.75 Å². The first-order chi connectivity index (χ1) is 15.7. The van der Waals surface area contributed by atoms with E-state index in [0.29, 0.717) is 24.1 Å². The number of hydrogen-bond acceptors (Lipinski definition) is 6. The first-order valence-corrected chi connectivity index (χ1v) is 11.2. The lowest BCUT2D eigenvalue weighted by Crippen LogP contribution is -2.50. The van der Waals surface area contributed by atoms with Crippen LogP contribution in [0.15, 0.2) is 48.5 Å². The second-order valence-electron chi connectivity index (χ2n) is 8.84. The normalized spacial score (nSPS) is 24.4. The zero-order valence-electron chi connectivity index (χ0n) is 18.2. The largest absolute Gasteiger partial charge is 0.490 e. The van der Waals surface area contributed by atoms with Crippen molar-refractivity contribution in [3.63, 3.8) is 0 Å². The Balaban J connectivity index is 0.00000259. The summed E-state index contributed by atoms with van der Waals surface area (Å²) in [6.45, 7) is 0.773. The first kappa shape index (κ1) is 23.2. The summed E-state index contributed by atoms with van der Waals surface area (Å²) in [6, 6.07) is 16.0. The van der Waals surface area contributed by atoms with Crippen molar-refractivity contribution in [2.24, 2.45) is 11.8 Å². The molecule has 2 aliphatic rings. The Bertz CT molecular complexity index is 1060. The maximum atomic E-state index is 11.4. The number of tetrazole rings is 1. The highest BCUT2D eigenvalue weighted by Gasteiger charge is 2.38. The molecule has 2 heterocycles. The molecule has 1 aliphatic heterocycles. The van der Waals surface area contributed by atoms with Crippen LogP contribution in [0, 0.1) is 11.8 Å². The summed E-state index contributed by atoms with van der Waals surface area (Å²) in [5, 5.41) is 27.1. The fraction of sp³-hybridized carbons (Fsp3) is 0.417. The van der Waals surface area contributed by atoms with Gasteiger partial charge in [-0.3, -0.25) is 4.79 Å². The molecule has 1 saturated carbocycles. The van der Waals surface area contributed by atoms with Gasteiger partial charge in [-0.05, 0) is 79.0 Å². The van der Waals surface area contributed by atoms with E-state index in [1.807, 2.05) is 24.3 Å². The molecule has 0 spiro atoms. The predicted octanol–water partition coefficient (Wildman–Crippen LogP) is 3.49. The van der Waals surface area contributed by atoms with Crippen molar-refractivity contribution in [1.82, 2.24) is 25.9 Å². The monoisotopic (exact) mass is 469 g/mol.